The Morgan fingerprint density at radius 2 is 0.511 bits per heavy atom. The van der Waals surface area contributed by atoms with Gasteiger partial charge >= 0.3 is 39.5 Å². The first-order valence-electron chi connectivity index (χ1n) is 37.0. The highest BCUT2D eigenvalue weighted by atomic mass is 31.2. The summed E-state index contributed by atoms with van der Waals surface area (Å²) in [7, 11) is -9.89. The van der Waals surface area contributed by atoms with Crippen LogP contribution in [0.15, 0.2) is 0 Å². The molecule has 0 rings (SSSR count). The van der Waals surface area contributed by atoms with Crippen LogP contribution in [0.4, 0.5) is 0 Å². The van der Waals surface area contributed by atoms with Crippen molar-refractivity contribution in [2.45, 2.75) is 381 Å². The van der Waals surface area contributed by atoms with E-state index in [2.05, 4.69) is 41.5 Å². The van der Waals surface area contributed by atoms with Crippen LogP contribution in [0, 0.1) is 11.8 Å². The number of rotatable bonds is 70. The third-order valence-corrected chi connectivity index (χ3v) is 18.4. The number of phosphoric acid groups is 2. The van der Waals surface area contributed by atoms with Gasteiger partial charge in [-0.3, -0.25) is 37.3 Å². The summed E-state index contributed by atoms with van der Waals surface area (Å²) < 4.78 is 68.1. The molecule has 0 spiro atoms. The predicted molar refractivity (Wildman–Crippen MR) is 363 cm³/mol. The van der Waals surface area contributed by atoms with Crippen LogP contribution in [0.2, 0.25) is 0 Å². The van der Waals surface area contributed by atoms with Crippen molar-refractivity contribution in [3.05, 3.63) is 0 Å². The van der Waals surface area contributed by atoms with Crippen molar-refractivity contribution in [1.29, 1.82) is 0 Å². The minimum Gasteiger partial charge on any atom is -0.462 e. The number of aliphatic hydroxyl groups is 1. The first kappa shape index (κ1) is 88.1. The lowest BCUT2D eigenvalue weighted by molar-refractivity contribution is -0.161. The summed E-state index contributed by atoms with van der Waals surface area (Å²) in [5.74, 6) is -0.711. The van der Waals surface area contributed by atoms with Gasteiger partial charge in [0, 0.05) is 25.7 Å². The van der Waals surface area contributed by atoms with Crippen LogP contribution >= 0.6 is 15.6 Å². The minimum absolute atomic E-state index is 0.103. The van der Waals surface area contributed by atoms with E-state index in [0.717, 1.165) is 109 Å². The van der Waals surface area contributed by atoms with Crippen LogP contribution in [0.3, 0.4) is 0 Å². The van der Waals surface area contributed by atoms with Crippen LogP contribution in [0.25, 0.3) is 0 Å². The SMILES string of the molecule is CCCCCCCCCCCCCCCCCCCCCCCCC(=O)O[C@H](COC(=O)CCCCCCCCCCC(C)C)COP(=O)(O)OC[C@@H](O)COP(=O)(O)OC[C@@H](COC(=O)CCCCCCCCC)OC(=O)CCCCCCCCCC(C)C. The first-order valence-corrected chi connectivity index (χ1v) is 40.0. The van der Waals surface area contributed by atoms with Crippen LogP contribution in [-0.4, -0.2) is 96.7 Å². The van der Waals surface area contributed by atoms with Crippen molar-refractivity contribution in [3.63, 3.8) is 0 Å². The standard InChI is InChI=1S/C71H138O17P2/c1-7-9-11-13-15-16-17-18-19-20-21-22-23-24-25-26-27-28-29-37-43-49-55-70(75)87-67(60-82-69(74)54-48-42-36-31-30-34-39-45-51-63(3)4)62-86-90(79,80)84-58-65(72)57-83-89(77,78)85-61-66(59-81-68(73)53-47-41-33-14-12-10-8-2)88-71(76)56-50-44-38-32-35-40-46-52-64(5)6/h63-67,72H,7-62H2,1-6H3,(H,77,78)(H,79,80)/t65-,66+,67+/m0/s1. The normalized spacial score (nSPS) is 14.1. The summed E-state index contributed by atoms with van der Waals surface area (Å²) in [6.07, 6.45) is 49.1. The predicted octanol–water partition coefficient (Wildman–Crippen LogP) is 20.4. The van der Waals surface area contributed by atoms with E-state index in [-0.39, 0.29) is 25.7 Å². The number of unbranched alkanes of at least 4 members (excludes halogenated alkanes) is 40. The number of carbonyl (C=O) groups is 4. The van der Waals surface area contributed by atoms with Crippen molar-refractivity contribution in [2.24, 2.45) is 11.8 Å². The van der Waals surface area contributed by atoms with Gasteiger partial charge in [0.25, 0.3) is 0 Å². The molecule has 0 saturated heterocycles. The van der Waals surface area contributed by atoms with E-state index in [1.165, 1.54) is 167 Å². The van der Waals surface area contributed by atoms with Gasteiger partial charge in [-0.1, -0.05) is 311 Å². The monoisotopic (exact) mass is 1320 g/mol. The molecule has 0 aliphatic heterocycles. The van der Waals surface area contributed by atoms with E-state index in [1.54, 1.807) is 0 Å². The summed E-state index contributed by atoms with van der Waals surface area (Å²) in [4.78, 5) is 72.3. The Balaban J connectivity index is 5.11. The molecule has 534 valence electrons. The quantitative estimate of drug-likeness (QED) is 0.0222. The fraction of sp³-hybridized carbons (Fsp3) is 0.944. The van der Waals surface area contributed by atoms with E-state index in [9.17, 15) is 43.2 Å². The zero-order valence-corrected chi connectivity index (χ0v) is 60.2. The molecular formula is C71H138O17P2. The molecule has 0 aromatic carbocycles. The van der Waals surface area contributed by atoms with E-state index >= 15 is 0 Å². The van der Waals surface area contributed by atoms with Gasteiger partial charge in [0.15, 0.2) is 12.2 Å². The molecule has 0 bridgehead atoms. The Bertz CT molecular complexity index is 1750. The van der Waals surface area contributed by atoms with E-state index < -0.39 is 97.5 Å². The van der Waals surface area contributed by atoms with Crippen molar-refractivity contribution in [3.8, 4) is 0 Å². The highest BCUT2D eigenvalue weighted by Crippen LogP contribution is 2.45. The maximum atomic E-state index is 13.0. The molecule has 19 heteroatoms. The largest absolute Gasteiger partial charge is 0.472 e. The number of phosphoric ester groups is 2. The van der Waals surface area contributed by atoms with Gasteiger partial charge < -0.3 is 33.8 Å². The van der Waals surface area contributed by atoms with Gasteiger partial charge in [-0.05, 0) is 37.5 Å². The zero-order valence-electron chi connectivity index (χ0n) is 58.4. The molecule has 0 aromatic rings. The second kappa shape index (κ2) is 63.1. The molecule has 0 amide bonds. The molecule has 0 heterocycles. The smallest absolute Gasteiger partial charge is 0.462 e. The van der Waals surface area contributed by atoms with E-state index in [1.807, 2.05) is 0 Å². The highest BCUT2D eigenvalue weighted by molar-refractivity contribution is 7.47. The lowest BCUT2D eigenvalue weighted by Crippen LogP contribution is -2.30. The number of ether oxygens (including phenoxy) is 4. The maximum absolute atomic E-state index is 13.0. The second-order valence-electron chi connectivity index (χ2n) is 26.6. The fourth-order valence-corrected chi connectivity index (χ4v) is 12.3. The molecule has 0 aliphatic carbocycles. The summed E-state index contributed by atoms with van der Waals surface area (Å²) in [5, 5.41) is 10.6. The third kappa shape index (κ3) is 64.8. The van der Waals surface area contributed by atoms with Gasteiger partial charge in [-0.2, -0.15) is 0 Å². The van der Waals surface area contributed by atoms with Crippen molar-refractivity contribution >= 4 is 39.5 Å². The molecule has 17 nitrogen and oxygen atoms in total. The first-order chi connectivity index (χ1) is 43.4. The molecule has 3 N–H and O–H groups in total. The Morgan fingerprint density at radius 3 is 0.756 bits per heavy atom. The van der Waals surface area contributed by atoms with Gasteiger partial charge in [0.05, 0.1) is 26.4 Å². The van der Waals surface area contributed by atoms with Crippen LogP contribution < -0.4 is 0 Å². The number of aliphatic hydroxyl groups excluding tert-OH is 1. The fourth-order valence-electron chi connectivity index (χ4n) is 10.8. The van der Waals surface area contributed by atoms with E-state index in [0.29, 0.717) is 31.6 Å². The topological polar surface area (TPSA) is 237 Å². The van der Waals surface area contributed by atoms with Crippen molar-refractivity contribution in [1.82, 2.24) is 0 Å². The zero-order chi connectivity index (χ0) is 66.5. The molecular weight excluding hydrogens is 1190 g/mol. The van der Waals surface area contributed by atoms with Crippen LogP contribution in [0.1, 0.15) is 363 Å². The number of esters is 4. The third-order valence-electron chi connectivity index (χ3n) is 16.5. The number of hydrogen-bond acceptors (Lipinski definition) is 15. The summed E-state index contributed by atoms with van der Waals surface area (Å²) in [5.41, 5.74) is 0. The van der Waals surface area contributed by atoms with Gasteiger partial charge in [0.1, 0.15) is 19.3 Å². The molecule has 2 unspecified atom stereocenters. The molecule has 90 heavy (non-hydrogen) atoms. The number of carbonyl (C=O) groups excluding carboxylic acids is 4. The summed E-state index contributed by atoms with van der Waals surface area (Å²) >= 11 is 0. The Labute approximate surface area is 549 Å². The average molecular weight is 1330 g/mol. The average Bonchev–Trinajstić information content (AvgIpc) is 3.35. The lowest BCUT2D eigenvalue weighted by Gasteiger charge is -2.21. The van der Waals surface area contributed by atoms with Crippen molar-refractivity contribution in [2.75, 3.05) is 39.6 Å². The number of hydrogen-bond donors (Lipinski definition) is 3. The van der Waals surface area contributed by atoms with E-state index in [4.69, 9.17) is 37.0 Å². The maximum Gasteiger partial charge on any atom is 0.472 e. The van der Waals surface area contributed by atoms with Gasteiger partial charge in [-0.25, -0.2) is 9.13 Å². The van der Waals surface area contributed by atoms with Gasteiger partial charge in [-0.15, -0.1) is 0 Å². The van der Waals surface area contributed by atoms with Crippen LogP contribution in [-0.2, 0) is 65.4 Å². The second-order valence-corrected chi connectivity index (χ2v) is 29.5. The summed E-state index contributed by atoms with van der Waals surface area (Å²) in [6.45, 7) is 9.40. The molecule has 0 saturated carbocycles. The Hall–Kier alpha value is -1.94. The minimum atomic E-state index is -4.95. The lowest BCUT2D eigenvalue weighted by atomic mass is 10.0. The molecule has 0 aliphatic rings. The molecule has 0 fully saturated rings. The highest BCUT2D eigenvalue weighted by Gasteiger charge is 2.30. The molecule has 0 radical (unpaired) electrons. The van der Waals surface area contributed by atoms with Crippen LogP contribution in [0.5, 0.6) is 0 Å². The Morgan fingerprint density at radius 1 is 0.300 bits per heavy atom. The Kier molecular flexibility index (Phi) is 61.8. The van der Waals surface area contributed by atoms with Gasteiger partial charge in [0.2, 0.25) is 0 Å². The molecule has 0 aromatic heterocycles. The molecule has 5 atom stereocenters. The van der Waals surface area contributed by atoms with Crippen molar-refractivity contribution < 1.29 is 80.2 Å². The summed E-state index contributed by atoms with van der Waals surface area (Å²) in [6, 6.07) is 0.